The first-order chi connectivity index (χ1) is 8.59. The van der Waals surface area contributed by atoms with Crippen molar-refractivity contribution in [3.05, 3.63) is 47.0 Å². The van der Waals surface area contributed by atoms with Crippen molar-refractivity contribution in [1.29, 1.82) is 0 Å². The fraction of sp³-hybridized carbons (Fsp3) is 0.357. The molecule has 0 fully saturated rings. The number of rotatable bonds is 6. The molecule has 0 aromatic heterocycles. The number of nitrogens with zero attached hydrogens (tertiary/aromatic N) is 1. The summed E-state index contributed by atoms with van der Waals surface area (Å²) >= 11 is 6.07. The van der Waals surface area contributed by atoms with Crippen molar-refractivity contribution in [2.24, 2.45) is 10.7 Å². The highest BCUT2D eigenvalue weighted by molar-refractivity contribution is 6.31. The first kappa shape index (κ1) is 14.6. The van der Waals surface area contributed by atoms with Crippen LogP contribution in [0, 0.1) is 0 Å². The van der Waals surface area contributed by atoms with E-state index in [4.69, 9.17) is 17.3 Å². The molecule has 0 aliphatic carbocycles. The van der Waals surface area contributed by atoms with Crippen molar-refractivity contribution in [2.45, 2.75) is 19.8 Å². The van der Waals surface area contributed by atoms with E-state index < -0.39 is 0 Å². The zero-order valence-electron chi connectivity index (χ0n) is 10.7. The van der Waals surface area contributed by atoms with Gasteiger partial charge in [0, 0.05) is 11.6 Å². The third kappa shape index (κ3) is 5.73. The summed E-state index contributed by atoms with van der Waals surface area (Å²) in [7, 11) is 0. The van der Waals surface area contributed by atoms with Crippen LogP contribution in [0.1, 0.15) is 18.9 Å². The van der Waals surface area contributed by atoms with Crippen LogP contribution < -0.4 is 11.1 Å². The van der Waals surface area contributed by atoms with Gasteiger partial charge in [0.25, 0.3) is 0 Å². The molecule has 0 spiro atoms. The second kappa shape index (κ2) is 7.77. The highest BCUT2D eigenvalue weighted by atomic mass is 35.5. The Morgan fingerprint density at radius 2 is 2.17 bits per heavy atom. The number of nitrogens with one attached hydrogen (secondary N) is 1. The summed E-state index contributed by atoms with van der Waals surface area (Å²) in [5.41, 5.74) is 7.86. The maximum absolute atomic E-state index is 6.07. The van der Waals surface area contributed by atoms with E-state index in [0.717, 1.165) is 30.0 Å². The lowest BCUT2D eigenvalue weighted by Crippen LogP contribution is -2.32. The number of guanidine groups is 1. The number of halogens is 1. The molecule has 0 saturated carbocycles. The lowest BCUT2D eigenvalue weighted by molar-refractivity contribution is 0.767. The molecule has 0 unspecified atom stereocenters. The van der Waals surface area contributed by atoms with Crippen LogP contribution in [0.25, 0.3) is 0 Å². The SMILES string of the molecule is C=C(C)CN=C(N)NCCCc1ccccc1Cl. The van der Waals surface area contributed by atoms with Gasteiger partial charge in [-0.2, -0.15) is 0 Å². The van der Waals surface area contributed by atoms with Gasteiger partial charge in [0.1, 0.15) is 0 Å². The maximum atomic E-state index is 6.07. The molecule has 0 heterocycles. The van der Waals surface area contributed by atoms with Crippen molar-refractivity contribution in [3.63, 3.8) is 0 Å². The molecule has 1 aromatic carbocycles. The molecular weight excluding hydrogens is 246 g/mol. The monoisotopic (exact) mass is 265 g/mol. The van der Waals surface area contributed by atoms with Crippen molar-refractivity contribution in [3.8, 4) is 0 Å². The summed E-state index contributed by atoms with van der Waals surface area (Å²) in [4.78, 5) is 4.14. The lowest BCUT2D eigenvalue weighted by atomic mass is 10.1. The number of benzene rings is 1. The quantitative estimate of drug-likeness (QED) is 0.360. The third-order valence-electron chi connectivity index (χ3n) is 2.41. The minimum atomic E-state index is 0.470. The Morgan fingerprint density at radius 1 is 1.44 bits per heavy atom. The van der Waals surface area contributed by atoms with E-state index in [0.29, 0.717) is 12.5 Å². The van der Waals surface area contributed by atoms with Crippen LogP contribution in [0.2, 0.25) is 5.02 Å². The van der Waals surface area contributed by atoms with Gasteiger partial charge in [-0.25, -0.2) is 4.99 Å². The van der Waals surface area contributed by atoms with Crippen LogP contribution in [-0.2, 0) is 6.42 Å². The van der Waals surface area contributed by atoms with Gasteiger partial charge in [-0.3, -0.25) is 0 Å². The fourth-order valence-electron chi connectivity index (χ4n) is 1.47. The molecule has 1 rings (SSSR count). The Labute approximate surface area is 114 Å². The molecule has 0 amide bonds. The van der Waals surface area contributed by atoms with E-state index in [9.17, 15) is 0 Å². The third-order valence-corrected chi connectivity index (χ3v) is 2.77. The van der Waals surface area contributed by atoms with Crippen molar-refractivity contribution < 1.29 is 0 Å². The van der Waals surface area contributed by atoms with Gasteiger partial charge in [0.2, 0.25) is 0 Å². The highest BCUT2D eigenvalue weighted by Crippen LogP contribution is 2.16. The standard InChI is InChI=1S/C14H20ClN3/c1-11(2)10-18-14(16)17-9-5-7-12-6-3-4-8-13(12)15/h3-4,6,8H,1,5,7,9-10H2,2H3,(H3,16,17,18). The smallest absolute Gasteiger partial charge is 0.188 e. The second-order valence-electron chi connectivity index (χ2n) is 4.28. The zero-order chi connectivity index (χ0) is 13.4. The molecule has 3 N–H and O–H groups in total. The number of aryl methyl sites for hydroxylation is 1. The van der Waals surface area contributed by atoms with Crippen LogP contribution in [0.5, 0.6) is 0 Å². The Morgan fingerprint density at radius 3 is 2.83 bits per heavy atom. The molecule has 98 valence electrons. The highest BCUT2D eigenvalue weighted by Gasteiger charge is 1.98. The van der Waals surface area contributed by atoms with E-state index >= 15 is 0 Å². The zero-order valence-corrected chi connectivity index (χ0v) is 11.5. The Kier molecular flexibility index (Phi) is 6.29. The Balaban J connectivity index is 2.25. The summed E-state index contributed by atoms with van der Waals surface area (Å²) in [5.74, 6) is 0.470. The largest absolute Gasteiger partial charge is 0.370 e. The average Bonchev–Trinajstić information content (AvgIpc) is 2.34. The van der Waals surface area contributed by atoms with Crippen molar-refractivity contribution in [2.75, 3.05) is 13.1 Å². The molecule has 0 aliphatic rings. The molecular formula is C14H20ClN3. The summed E-state index contributed by atoms with van der Waals surface area (Å²) in [6.07, 6.45) is 1.90. The predicted octanol–water partition coefficient (Wildman–Crippen LogP) is 2.75. The van der Waals surface area contributed by atoms with Crippen molar-refractivity contribution in [1.82, 2.24) is 5.32 Å². The molecule has 0 radical (unpaired) electrons. The Hall–Kier alpha value is -1.48. The normalized spacial score (nSPS) is 11.3. The van der Waals surface area contributed by atoms with E-state index in [1.54, 1.807) is 0 Å². The van der Waals surface area contributed by atoms with E-state index in [1.807, 2.05) is 31.2 Å². The van der Waals surface area contributed by atoms with Gasteiger partial charge in [-0.1, -0.05) is 42.0 Å². The summed E-state index contributed by atoms with van der Waals surface area (Å²) in [6.45, 7) is 7.05. The average molecular weight is 266 g/mol. The Bertz CT molecular complexity index is 427. The molecule has 1 aromatic rings. The number of aliphatic imine (C=N–C) groups is 1. The van der Waals surface area contributed by atoms with E-state index in [2.05, 4.69) is 16.9 Å². The minimum absolute atomic E-state index is 0.470. The number of hydrogen-bond donors (Lipinski definition) is 2. The first-order valence-corrected chi connectivity index (χ1v) is 6.39. The van der Waals surface area contributed by atoms with Gasteiger partial charge in [-0.05, 0) is 31.4 Å². The van der Waals surface area contributed by atoms with Crippen molar-refractivity contribution >= 4 is 17.6 Å². The lowest BCUT2D eigenvalue weighted by Gasteiger charge is -2.06. The number of nitrogens with two attached hydrogens (primary N) is 1. The summed E-state index contributed by atoms with van der Waals surface area (Å²) < 4.78 is 0. The van der Waals surface area contributed by atoms with E-state index in [1.165, 1.54) is 5.56 Å². The maximum Gasteiger partial charge on any atom is 0.188 e. The predicted molar refractivity (Wildman–Crippen MR) is 79.1 cm³/mol. The first-order valence-electron chi connectivity index (χ1n) is 6.01. The molecule has 0 atom stereocenters. The van der Waals surface area contributed by atoms with Crippen LogP contribution in [-0.4, -0.2) is 19.0 Å². The molecule has 18 heavy (non-hydrogen) atoms. The summed E-state index contributed by atoms with van der Waals surface area (Å²) in [6, 6.07) is 7.89. The van der Waals surface area contributed by atoms with Crippen LogP contribution in [0.15, 0.2) is 41.4 Å². The van der Waals surface area contributed by atoms with Gasteiger partial charge < -0.3 is 11.1 Å². The van der Waals surface area contributed by atoms with Gasteiger partial charge >= 0.3 is 0 Å². The van der Waals surface area contributed by atoms with Gasteiger partial charge in [0.05, 0.1) is 6.54 Å². The second-order valence-corrected chi connectivity index (χ2v) is 4.69. The molecule has 4 heteroatoms. The topological polar surface area (TPSA) is 50.4 Å². The van der Waals surface area contributed by atoms with Crippen LogP contribution >= 0.6 is 11.6 Å². The molecule has 0 aliphatic heterocycles. The summed E-state index contributed by atoms with van der Waals surface area (Å²) in [5, 5.41) is 3.89. The van der Waals surface area contributed by atoms with Gasteiger partial charge in [0.15, 0.2) is 5.96 Å². The fourth-order valence-corrected chi connectivity index (χ4v) is 1.70. The minimum Gasteiger partial charge on any atom is -0.370 e. The molecule has 0 saturated heterocycles. The molecule has 0 bridgehead atoms. The molecule has 3 nitrogen and oxygen atoms in total. The van der Waals surface area contributed by atoms with Crippen LogP contribution in [0.3, 0.4) is 0 Å². The van der Waals surface area contributed by atoms with E-state index in [-0.39, 0.29) is 0 Å². The van der Waals surface area contributed by atoms with Gasteiger partial charge in [-0.15, -0.1) is 0 Å². The number of hydrogen-bond acceptors (Lipinski definition) is 1. The van der Waals surface area contributed by atoms with Crippen LogP contribution in [0.4, 0.5) is 0 Å².